The zero-order chi connectivity index (χ0) is 35.9. The number of halogens is 5. The fourth-order valence-electron chi connectivity index (χ4n) is 6.00. The smallest absolute Gasteiger partial charge is 0.352 e. The Morgan fingerprint density at radius 2 is 1.48 bits per heavy atom. The summed E-state index contributed by atoms with van der Waals surface area (Å²) in [4.78, 5) is 29.9. The second kappa shape index (κ2) is 16.4. The molecule has 1 atom stereocenters. The van der Waals surface area contributed by atoms with E-state index < -0.39 is 51.9 Å². The molecule has 1 aliphatic rings. The maximum absolute atomic E-state index is 14.7. The van der Waals surface area contributed by atoms with E-state index in [0.29, 0.717) is 15.9 Å². The van der Waals surface area contributed by atoms with Crippen LogP contribution in [-0.2, 0) is 38.8 Å². The lowest BCUT2D eigenvalue weighted by Crippen LogP contribution is -2.55. The van der Waals surface area contributed by atoms with E-state index in [4.69, 9.17) is 11.6 Å². The molecule has 4 aromatic rings. The molecular weight excluding hydrogens is 755 g/mol. The summed E-state index contributed by atoms with van der Waals surface area (Å²) in [6, 6.07) is 24.4. The van der Waals surface area contributed by atoms with Gasteiger partial charge in [-0.3, -0.25) is 13.9 Å². The molecule has 264 valence electrons. The van der Waals surface area contributed by atoms with E-state index >= 15 is 0 Å². The van der Waals surface area contributed by atoms with Gasteiger partial charge >= 0.3 is 6.18 Å². The van der Waals surface area contributed by atoms with Gasteiger partial charge in [0.1, 0.15) is 12.6 Å². The topological polar surface area (TPSA) is 86.8 Å². The Kier molecular flexibility index (Phi) is 12.3. The van der Waals surface area contributed by atoms with Crippen LogP contribution in [0.1, 0.15) is 48.8 Å². The monoisotopic (exact) mass is 789 g/mol. The van der Waals surface area contributed by atoms with Crippen LogP contribution in [0.3, 0.4) is 0 Å². The van der Waals surface area contributed by atoms with Gasteiger partial charge in [0.05, 0.1) is 21.2 Å². The quantitative estimate of drug-likeness (QED) is 0.156. The molecule has 0 spiro atoms. The summed E-state index contributed by atoms with van der Waals surface area (Å²) in [7, 11) is -4.65. The second-order valence-electron chi connectivity index (χ2n) is 12.2. The van der Waals surface area contributed by atoms with Gasteiger partial charge in [-0.1, -0.05) is 107 Å². The van der Waals surface area contributed by atoms with Crippen molar-refractivity contribution in [3.05, 3.63) is 129 Å². The van der Waals surface area contributed by atoms with E-state index in [9.17, 15) is 31.2 Å². The van der Waals surface area contributed by atoms with Crippen molar-refractivity contribution >= 4 is 55.1 Å². The molecule has 0 bridgehead atoms. The van der Waals surface area contributed by atoms with Gasteiger partial charge in [-0.05, 0) is 66.4 Å². The SMILES string of the molecule is O=C(NC1CCCCC1)[C@H](Cc1ccccc1)N(Cc1ccc(Br)cc1)C(=O)CN(c1cc(C(F)(F)F)ccc1Cl)S(=O)(=O)c1ccccc1. The Bertz CT molecular complexity index is 1880. The van der Waals surface area contributed by atoms with E-state index in [2.05, 4.69) is 21.2 Å². The van der Waals surface area contributed by atoms with Crippen LogP contribution < -0.4 is 9.62 Å². The number of carbonyl (C=O) groups is 2. The van der Waals surface area contributed by atoms with Gasteiger partial charge in [-0.25, -0.2) is 8.42 Å². The number of amides is 2. The van der Waals surface area contributed by atoms with Gasteiger partial charge in [0.25, 0.3) is 10.0 Å². The average molecular weight is 791 g/mol. The van der Waals surface area contributed by atoms with Gasteiger partial charge in [0, 0.05) is 23.5 Å². The minimum atomic E-state index is -4.82. The first-order valence-electron chi connectivity index (χ1n) is 16.2. The van der Waals surface area contributed by atoms with Crippen LogP contribution in [0.2, 0.25) is 5.02 Å². The molecule has 1 aliphatic carbocycles. The molecule has 1 N–H and O–H groups in total. The van der Waals surface area contributed by atoms with Gasteiger partial charge in [0.15, 0.2) is 0 Å². The molecule has 1 saturated carbocycles. The molecular formula is C37H36BrClF3N3O4S. The molecule has 5 rings (SSSR count). The summed E-state index contributed by atoms with van der Waals surface area (Å²) in [5, 5.41) is 2.82. The molecule has 2 amide bonds. The number of carbonyl (C=O) groups excluding carboxylic acids is 2. The maximum Gasteiger partial charge on any atom is 0.416 e. The highest BCUT2D eigenvalue weighted by Crippen LogP contribution is 2.37. The highest BCUT2D eigenvalue weighted by Gasteiger charge is 2.38. The van der Waals surface area contributed by atoms with Crippen LogP contribution in [0.15, 0.2) is 112 Å². The summed E-state index contributed by atoms with van der Waals surface area (Å²) >= 11 is 9.81. The summed E-state index contributed by atoms with van der Waals surface area (Å²) < 4.78 is 71.5. The third-order valence-electron chi connectivity index (χ3n) is 8.64. The Morgan fingerprint density at radius 3 is 2.10 bits per heavy atom. The normalized spacial score (nSPS) is 14.5. The number of hydrogen-bond acceptors (Lipinski definition) is 4. The number of rotatable bonds is 12. The molecule has 0 aliphatic heterocycles. The number of sulfonamides is 1. The van der Waals surface area contributed by atoms with Crippen molar-refractivity contribution in [2.45, 2.75) is 68.2 Å². The molecule has 13 heteroatoms. The van der Waals surface area contributed by atoms with Crippen molar-refractivity contribution in [3.63, 3.8) is 0 Å². The number of nitrogens with one attached hydrogen (secondary N) is 1. The summed E-state index contributed by atoms with van der Waals surface area (Å²) in [5.74, 6) is -1.21. The number of anilines is 1. The van der Waals surface area contributed by atoms with E-state index in [-0.39, 0.29) is 28.9 Å². The van der Waals surface area contributed by atoms with Gasteiger partial charge in [-0.15, -0.1) is 0 Å². The molecule has 4 aromatic carbocycles. The first-order chi connectivity index (χ1) is 23.8. The van der Waals surface area contributed by atoms with Crippen molar-refractivity contribution in [2.24, 2.45) is 0 Å². The lowest BCUT2D eigenvalue weighted by atomic mass is 9.94. The molecule has 50 heavy (non-hydrogen) atoms. The van der Waals surface area contributed by atoms with Crippen molar-refractivity contribution in [1.82, 2.24) is 10.2 Å². The molecule has 1 fully saturated rings. The summed E-state index contributed by atoms with van der Waals surface area (Å²) in [6.45, 7) is -1.02. The third kappa shape index (κ3) is 9.46. The number of alkyl halides is 3. The second-order valence-corrected chi connectivity index (χ2v) is 15.4. The largest absolute Gasteiger partial charge is 0.416 e. The fourth-order valence-corrected chi connectivity index (χ4v) is 7.98. The van der Waals surface area contributed by atoms with Crippen LogP contribution in [0.25, 0.3) is 0 Å². The number of benzene rings is 4. The van der Waals surface area contributed by atoms with Gasteiger partial charge in [0.2, 0.25) is 11.8 Å². The third-order valence-corrected chi connectivity index (χ3v) is 11.3. The number of hydrogen-bond donors (Lipinski definition) is 1. The van der Waals surface area contributed by atoms with Crippen LogP contribution >= 0.6 is 27.5 Å². The Labute approximate surface area is 303 Å². The Hall–Kier alpha value is -3.87. The highest BCUT2D eigenvalue weighted by atomic mass is 79.9. The van der Waals surface area contributed by atoms with Gasteiger partial charge in [-0.2, -0.15) is 13.2 Å². The van der Waals surface area contributed by atoms with Crippen LogP contribution in [-0.4, -0.2) is 43.8 Å². The molecule has 0 unspecified atom stereocenters. The molecule has 0 aromatic heterocycles. The molecule has 7 nitrogen and oxygen atoms in total. The van der Waals surface area contributed by atoms with E-state index in [1.54, 1.807) is 30.3 Å². The minimum Gasteiger partial charge on any atom is -0.352 e. The van der Waals surface area contributed by atoms with Crippen LogP contribution in [0, 0.1) is 0 Å². The lowest BCUT2D eigenvalue weighted by Gasteiger charge is -2.35. The van der Waals surface area contributed by atoms with Crippen molar-refractivity contribution in [1.29, 1.82) is 0 Å². The summed E-state index contributed by atoms with van der Waals surface area (Å²) in [5.41, 5.74) is -0.245. The van der Waals surface area contributed by atoms with Crippen molar-refractivity contribution < 1.29 is 31.2 Å². The Morgan fingerprint density at radius 1 is 0.860 bits per heavy atom. The summed E-state index contributed by atoms with van der Waals surface area (Å²) in [6.07, 6.45) is -0.144. The van der Waals surface area contributed by atoms with Gasteiger partial charge < -0.3 is 10.2 Å². The van der Waals surface area contributed by atoms with E-state index in [1.165, 1.54) is 29.2 Å². The van der Waals surface area contributed by atoms with E-state index in [0.717, 1.165) is 54.3 Å². The number of nitrogens with zero attached hydrogens (tertiary/aromatic N) is 2. The molecule has 0 heterocycles. The highest BCUT2D eigenvalue weighted by molar-refractivity contribution is 9.10. The first kappa shape index (κ1) is 37.4. The van der Waals surface area contributed by atoms with E-state index in [1.807, 2.05) is 30.3 Å². The van der Waals surface area contributed by atoms with Crippen LogP contribution in [0.5, 0.6) is 0 Å². The van der Waals surface area contributed by atoms with Crippen molar-refractivity contribution in [3.8, 4) is 0 Å². The van der Waals surface area contributed by atoms with Crippen molar-refractivity contribution in [2.75, 3.05) is 10.8 Å². The predicted octanol–water partition coefficient (Wildman–Crippen LogP) is 8.41. The Balaban J connectivity index is 1.61. The predicted molar refractivity (Wildman–Crippen MR) is 191 cm³/mol. The standard InChI is InChI=1S/C37H36BrClF3N3O4S/c38-29-19-16-27(17-20-29)24-44(34(22-26-10-4-1-5-11-26)36(47)43-30-12-6-2-7-13-30)35(46)25-45(50(48,49)31-14-8-3-9-15-31)33-23-28(37(40,41)42)18-21-32(33)39/h1,3-5,8-11,14-21,23,30,34H,2,6-7,12-13,22,24-25H2,(H,43,47)/t34-/m0/s1. The lowest BCUT2D eigenvalue weighted by molar-refractivity contribution is -0.140. The fraction of sp³-hybridized carbons (Fsp3) is 0.297. The van der Waals surface area contributed by atoms with Crippen LogP contribution in [0.4, 0.5) is 18.9 Å². The maximum atomic E-state index is 14.7. The first-order valence-corrected chi connectivity index (χ1v) is 18.8. The molecule has 0 saturated heterocycles. The zero-order valence-electron chi connectivity index (χ0n) is 27.0. The zero-order valence-corrected chi connectivity index (χ0v) is 30.1. The average Bonchev–Trinajstić information content (AvgIpc) is 3.10. The molecule has 0 radical (unpaired) electrons. The minimum absolute atomic E-state index is 0.0852.